The maximum absolute atomic E-state index is 5.66. The molecule has 1 nitrogen and oxygen atoms in total. The summed E-state index contributed by atoms with van der Waals surface area (Å²) in [6, 6.07) is 0. The minimum absolute atomic E-state index is 0.643. The van der Waals surface area contributed by atoms with E-state index in [1.165, 1.54) is 6.42 Å². The highest BCUT2D eigenvalue weighted by molar-refractivity contribution is 8.00. The normalized spacial score (nSPS) is 16.9. The number of nitrogens with two attached hydrogens (primary N) is 1. The molecule has 0 rings (SSSR count). The van der Waals surface area contributed by atoms with E-state index in [2.05, 4.69) is 27.7 Å². The average molecular weight is 175 g/mol. The first-order chi connectivity index (χ1) is 5.11. The zero-order valence-electron chi connectivity index (χ0n) is 8.13. The second-order valence-electron chi connectivity index (χ2n) is 3.37. The largest absolute Gasteiger partial charge is 0.329 e. The predicted molar refractivity (Wildman–Crippen MR) is 55.0 cm³/mol. The fourth-order valence-electron chi connectivity index (χ4n) is 0.879. The highest BCUT2D eigenvalue weighted by Gasteiger charge is 2.14. The SMILES string of the molecule is CCC(C)SC(CN)C(C)C. The number of thioether (sulfide) groups is 1. The molecule has 0 fully saturated rings. The standard InChI is InChI=1S/C9H21NS/c1-5-8(4)11-9(6-10)7(2)3/h7-9H,5-6,10H2,1-4H3. The summed E-state index contributed by atoms with van der Waals surface area (Å²) in [5.74, 6) is 0.707. The van der Waals surface area contributed by atoms with Crippen LogP contribution in [-0.2, 0) is 0 Å². The van der Waals surface area contributed by atoms with Crippen LogP contribution in [0.1, 0.15) is 34.1 Å². The molecule has 2 atom stereocenters. The molecule has 0 heterocycles. The van der Waals surface area contributed by atoms with Gasteiger partial charge in [-0.2, -0.15) is 11.8 Å². The highest BCUT2D eigenvalue weighted by Crippen LogP contribution is 2.24. The van der Waals surface area contributed by atoms with Gasteiger partial charge >= 0.3 is 0 Å². The summed E-state index contributed by atoms with van der Waals surface area (Å²) < 4.78 is 0. The molecule has 0 aromatic rings. The van der Waals surface area contributed by atoms with Crippen LogP contribution in [0.5, 0.6) is 0 Å². The van der Waals surface area contributed by atoms with Crippen LogP contribution in [0.4, 0.5) is 0 Å². The van der Waals surface area contributed by atoms with Gasteiger partial charge in [0.15, 0.2) is 0 Å². The van der Waals surface area contributed by atoms with E-state index in [1.807, 2.05) is 11.8 Å². The van der Waals surface area contributed by atoms with Crippen LogP contribution in [0.2, 0.25) is 0 Å². The van der Waals surface area contributed by atoms with Crippen LogP contribution < -0.4 is 5.73 Å². The van der Waals surface area contributed by atoms with Crippen molar-refractivity contribution in [3.63, 3.8) is 0 Å². The molecule has 2 heteroatoms. The molecule has 0 aromatic heterocycles. The molecule has 0 aliphatic carbocycles. The molecule has 0 amide bonds. The van der Waals surface area contributed by atoms with Gasteiger partial charge in [0.1, 0.15) is 0 Å². The molecule has 0 bridgehead atoms. The second kappa shape index (κ2) is 5.90. The Morgan fingerprint density at radius 2 is 1.82 bits per heavy atom. The third-order valence-corrected chi connectivity index (χ3v) is 3.84. The van der Waals surface area contributed by atoms with Crippen LogP contribution in [0.3, 0.4) is 0 Å². The summed E-state index contributed by atoms with van der Waals surface area (Å²) >= 11 is 2.03. The van der Waals surface area contributed by atoms with E-state index in [9.17, 15) is 0 Å². The summed E-state index contributed by atoms with van der Waals surface area (Å²) in [6.07, 6.45) is 1.24. The van der Waals surface area contributed by atoms with Crippen LogP contribution in [0, 0.1) is 5.92 Å². The lowest BCUT2D eigenvalue weighted by Crippen LogP contribution is -2.24. The number of hydrogen-bond acceptors (Lipinski definition) is 2. The zero-order chi connectivity index (χ0) is 8.85. The molecule has 0 saturated heterocycles. The van der Waals surface area contributed by atoms with E-state index >= 15 is 0 Å². The molecule has 0 radical (unpaired) electrons. The Bertz CT molecular complexity index is 93.6. The summed E-state index contributed by atoms with van der Waals surface area (Å²) in [5.41, 5.74) is 5.66. The molecule has 68 valence electrons. The quantitative estimate of drug-likeness (QED) is 0.695. The molecule has 2 unspecified atom stereocenters. The molecule has 0 saturated carbocycles. The van der Waals surface area contributed by atoms with Crippen molar-refractivity contribution >= 4 is 11.8 Å². The number of rotatable bonds is 5. The van der Waals surface area contributed by atoms with Gasteiger partial charge in [0, 0.05) is 17.0 Å². The Hall–Kier alpha value is 0.310. The number of hydrogen-bond donors (Lipinski definition) is 1. The minimum atomic E-state index is 0.643. The van der Waals surface area contributed by atoms with Crippen molar-refractivity contribution < 1.29 is 0 Å². The fourth-order valence-corrected chi connectivity index (χ4v) is 2.09. The molecule has 0 aliphatic rings. The Balaban J connectivity index is 3.68. The third-order valence-electron chi connectivity index (χ3n) is 1.96. The lowest BCUT2D eigenvalue weighted by Gasteiger charge is -2.21. The van der Waals surface area contributed by atoms with E-state index in [1.54, 1.807) is 0 Å². The monoisotopic (exact) mass is 175 g/mol. The third kappa shape index (κ3) is 4.70. The smallest absolute Gasteiger partial charge is 0.0195 e. The van der Waals surface area contributed by atoms with Crippen LogP contribution in [0.25, 0.3) is 0 Å². The van der Waals surface area contributed by atoms with Gasteiger partial charge in [0.05, 0.1) is 0 Å². The summed E-state index contributed by atoms with van der Waals surface area (Å²) in [7, 11) is 0. The highest BCUT2D eigenvalue weighted by atomic mass is 32.2. The van der Waals surface area contributed by atoms with Crippen molar-refractivity contribution in [3.05, 3.63) is 0 Å². The van der Waals surface area contributed by atoms with Crippen molar-refractivity contribution in [3.8, 4) is 0 Å². The van der Waals surface area contributed by atoms with E-state index in [-0.39, 0.29) is 0 Å². The van der Waals surface area contributed by atoms with Gasteiger partial charge in [-0.05, 0) is 12.3 Å². The van der Waals surface area contributed by atoms with E-state index in [0.717, 1.165) is 11.8 Å². The van der Waals surface area contributed by atoms with Crippen LogP contribution in [0.15, 0.2) is 0 Å². The molecule has 0 spiro atoms. The molecule has 0 aromatic carbocycles. The van der Waals surface area contributed by atoms with E-state index in [0.29, 0.717) is 11.2 Å². The molecule has 0 aliphatic heterocycles. The topological polar surface area (TPSA) is 26.0 Å². The van der Waals surface area contributed by atoms with Crippen molar-refractivity contribution in [1.29, 1.82) is 0 Å². The van der Waals surface area contributed by atoms with Gasteiger partial charge in [-0.1, -0.05) is 27.7 Å². The zero-order valence-corrected chi connectivity index (χ0v) is 8.95. The van der Waals surface area contributed by atoms with E-state index < -0.39 is 0 Å². The van der Waals surface area contributed by atoms with Crippen molar-refractivity contribution in [1.82, 2.24) is 0 Å². The Labute approximate surface area is 75.1 Å². The maximum atomic E-state index is 5.66. The molecular weight excluding hydrogens is 154 g/mol. The lowest BCUT2D eigenvalue weighted by molar-refractivity contribution is 0.610. The average Bonchev–Trinajstić information content (AvgIpc) is 1.99. The minimum Gasteiger partial charge on any atom is -0.329 e. The first-order valence-electron chi connectivity index (χ1n) is 4.47. The van der Waals surface area contributed by atoms with Gasteiger partial charge in [0.25, 0.3) is 0 Å². The van der Waals surface area contributed by atoms with E-state index in [4.69, 9.17) is 5.73 Å². The predicted octanol–water partition coefficient (Wildman–Crippen LogP) is 2.50. The molecular formula is C9H21NS. The Morgan fingerprint density at radius 3 is 2.09 bits per heavy atom. The summed E-state index contributed by atoms with van der Waals surface area (Å²) in [6.45, 7) is 9.80. The molecule has 2 N–H and O–H groups in total. The fraction of sp³-hybridized carbons (Fsp3) is 1.00. The van der Waals surface area contributed by atoms with Gasteiger partial charge in [-0.25, -0.2) is 0 Å². The van der Waals surface area contributed by atoms with Gasteiger partial charge in [-0.15, -0.1) is 0 Å². The van der Waals surface area contributed by atoms with Crippen LogP contribution in [-0.4, -0.2) is 17.0 Å². The summed E-state index contributed by atoms with van der Waals surface area (Å²) in [5, 5.41) is 1.40. The maximum Gasteiger partial charge on any atom is 0.0195 e. The summed E-state index contributed by atoms with van der Waals surface area (Å²) in [4.78, 5) is 0. The van der Waals surface area contributed by atoms with Gasteiger partial charge < -0.3 is 5.73 Å². The molecule has 11 heavy (non-hydrogen) atoms. The second-order valence-corrected chi connectivity index (χ2v) is 5.06. The Kier molecular flexibility index (Phi) is 6.06. The van der Waals surface area contributed by atoms with Crippen molar-refractivity contribution in [2.45, 2.75) is 44.6 Å². The first kappa shape index (κ1) is 11.3. The van der Waals surface area contributed by atoms with Crippen LogP contribution >= 0.6 is 11.8 Å². The van der Waals surface area contributed by atoms with Gasteiger partial charge in [-0.3, -0.25) is 0 Å². The van der Waals surface area contributed by atoms with Gasteiger partial charge in [0.2, 0.25) is 0 Å². The van der Waals surface area contributed by atoms with Crippen molar-refractivity contribution in [2.24, 2.45) is 11.7 Å². The first-order valence-corrected chi connectivity index (χ1v) is 5.41. The lowest BCUT2D eigenvalue weighted by atomic mass is 10.1. The van der Waals surface area contributed by atoms with Crippen molar-refractivity contribution in [2.75, 3.05) is 6.54 Å². The Morgan fingerprint density at radius 1 is 1.27 bits per heavy atom.